The molecule has 0 atom stereocenters. The van der Waals surface area contributed by atoms with Gasteiger partial charge in [0.2, 0.25) is 0 Å². The fourth-order valence-corrected chi connectivity index (χ4v) is 2.29. The van der Waals surface area contributed by atoms with Crippen LogP contribution in [0.15, 0.2) is 18.2 Å². The van der Waals surface area contributed by atoms with E-state index in [2.05, 4.69) is 49.3 Å². The summed E-state index contributed by atoms with van der Waals surface area (Å²) >= 11 is 0. The zero-order valence-corrected chi connectivity index (χ0v) is 11.1. The van der Waals surface area contributed by atoms with Crippen LogP contribution >= 0.6 is 0 Å². The third-order valence-electron chi connectivity index (χ3n) is 2.94. The predicted molar refractivity (Wildman–Crippen MR) is 74.7 cm³/mol. The van der Waals surface area contributed by atoms with E-state index in [1.807, 2.05) is 6.92 Å². The van der Waals surface area contributed by atoms with Gasteiger partial charge < -0.3 is 5.32 Å². The molecule has 0 aliphatic rings. The first kappa shape index (κ1) is 11.9. The molecule has 2 rings (SSSR count). The highest BCUT2D eigenvalue weighted by Crippen LogP contribution is 2.27. The highest BCUT2D eigenvalue weighted by atomic mass is 14.9. The molecule has 0 radical (unpaired) electrons. The second kappa shape index (κ2) is 4.74. The summed E-state index contributed by atoms with van der Waals surface area (Å²) in [7, 11) is 0. The zero-order valence-electron chi connectivity index (χ0n) is 11.1. The van der Waals surface area contributed by atoms with Crippen molar-refractivity contribution in [3.8, 4) is 0 Å². The maximum atomic E-state index is 4.63. The quantitative estimate of drug-likeness (QED) is 0.859. The molecular formula is C15H20N2. The van der Waals surface area contributed by atoms with Gasteiger partial charge in [-0.2, -0.15) is 0 Å². The number of hydrogen-bond donors (Lipinski definition) is 1. The highest BCUT2D eigenvalue weighted by Gasteiger charge is 2.07. The molecule has 0 spiro atoms. The lowest BCUT2D eigenvalue weighted by Crippen LogP contribution is -2.02. The fraction of sp³-hybridized carbons (Fsp3) is 0.400. The van der Waals surface area contributed by atoms with Crippen molar-refractivity contribution in [3.63, 3.8) is 0 Å². The maximum Gasteiger partial charge on any atom is 0.0731 e. The molecule has 1 N–H and O–H groups in total. The van der Waals surface area contributed by atoms with Gasteiger partial charge in [-0.3, -0.25) is 4.98 Å². The minimum atomic E-state index is 1.01. The Bertz CT molecular complexity index is 539. The van der Waals surface area contributed by atoms with E-state index < -0.39 is 0 Å². The molecule has 2 nitrogen and oxygen atoms in total. The van der Waals surface area contributed by atoms with Gasteiger partial charge in [-0.05, 0) is 50.5 Å². The topological polar surface area (TPSA) is 24.9 Å². The van der Waals surface area contributed by atoms with Gasteiger partial charge in [0, 0.05) is 23.3 Å². The van der Waals surface area contributed by atoms with Crippen LogP contribution in [-0.2, 0) is 0 Å². The number of rotatable bonds is 3. The largest absolute Gasteiger partial charge is 0.384 e. The SMILES string of the molecule is CCCNc1cc(C)nc2cc(C)cc(C)c12. The lowest BCUT2D eigenvalue weighted by Gasteiger charge is -2.12. The van der Waals surface area contributed by atoms with Crippen molar-refractivity contribution in [1.29, 1.82) is 0 Å². The predicted octanol–water partition coefficient (Wildman–Crippen LogP) is 3.98. The van der Waals surface area contributed by atoms with Gasteiger partial charge in [-0.1, -0.05) is 13.0 Å². The van der Waals surface area contributed by atoms with Crippen LogP contribution in [0.1, 0.15) is 30.2 Å². The Hall–Kier alpha value is -1.57. The molecule has 0 amide bonds. The van der Waals surface area contributed by atoms with Gasteiger partial charge in [0.15, 0.2) is 0 Å². The number of fused-ring (bicyclic) bond motifs is 1. The molecule has 2 aromatic rings. The third-order valence-corrected chi connectivity index (χ3v) is 2.94. The lowest BCUT2D eigenvalue weighted by atomic mass is 10.0. The van der Waals surface area contributed by atoms with Gasteiger partial charge in [-0.25, -0.2) is 0 Å². The minimum absolute atomic E-state index is 1.01. The van der Waals surface area contributed by atoms with Crippen LogP contribution < -0.4 is 5.32 Å². The van der Waals surface area contributed by atoms with E-state index in [1.165, 1.54) is 22.2 Å². The summed E-state index contributed by atoms with van der Waals surface area (Å²) in [6.07, 6.45) is 1.13. The molecule has 0 fully saturated rings. The Kier molecular flexibility index (Phi) is 3.32. The van der Waals surface area contributed by atoms with Crippen molar-refractivity contribution >= 4 is 16.6 Å². The van der Waals surface area contributed by atoms with E-state index in [0.29, 0.717) is 0 Å². The Morgan fingerprint density at radius 2 is 1.88 bits per heavy atom. The Balaban J connectivity index is 2.65. The number of anilines is 1. The van der Waals surface area contributed by atoms with Gasteiger partial charge in [0.1, 0.15) is 0 Å². The first-order chi connectivity index (χ1) is 8.11. The van der Waals surface area contributed by atoms with E-state index in [1.54, 1.807) is 0 Å². The van der Waals surface area contributed by atoms with Crippen molar-refractivity contribution in [3.05, 3.63) is 35.0 Å². The molecular weight excluding hydrogens is 208 g/mol. The smallest absolute Gasteiger partial charge is 0.0731 e. The average Bonchev–Trinajstić information content (AvgIpc) is 2.24. The molecule has 1 aromatic carbocycles. The zero-order chi connectivity index (χ0) is 12.4. The molecule has 1 heterocycles. The van der Waals surface area contributed by atoms with Crippen LogP contribution in [0.3, 0.4) is 0 Å². The summed E-state index contributed by atoms with van der Waals surface area (Å²) < 4.78 is 0. The Morgan fingerprint density at radius 1 is 1.12 bits per heavy atom. The minimum Gasteiger partial charge on any atom is -0.384 e. The summed E-state index contributed by atoms with van der Waals surface area (Å²) in [4.78, 5) is 4.63. The van der Waals surface area contributed by atoms with Crippen LogP contribution in [0.2, 0.25) is 0 Å². The second-order valence-electron chi connectivity index (χ2n) is 4.71. The third kappa shape index (κ3) is 2.41. The number of benzene rings is 1. The average molecular weight is 228 g/mol. The van der Waals surface area contributed by atoms with E-state index in [0.717, 1.165) is 24.2 Å². The number of aromatic nitrogens is 1. The van der Waals surface area contributed by atoms with Crippen LogP contribution in [0.4, 0.5) is 5.69 Å². The fourth-order valence-electron chi connectivity index (χ4n) is 2.29. The van der Waals surface area contributed by atoms with Crippen molar-refractivity contribution in [2.24, 2.45) is 0 Å². The van der Waals surface area contributed by atoms with Crippen molar-refractivity contribution < 1.29 is 0 Å². The summed E-state index contributed by atoms with van der Waals surface area (Å²) in [6.45, 7) is 9.51. The molecule has 0 bridgehead atoms. The molecule has 0 unspecified atom stereocenters. The molecule has 0 aliphatic heterocycles. The maximum absolute atomic E-state index is 4.63. The molecule has 0 aliphatic carbocycles. The number of aryl methyl sites for hydroxylation is 3. The van der Waals surface area contributed by atoms with Crippen LogP contribution in [0.25, 0.3) is 10.9 Å². The van der Waals surface area contributed by atoms with Gasteiger partial charge in [0.25, 0.3) is 0 Å². The first-order valence-corrected chi connectivity index (χ1v) is 6.24. The summed E-state index contributed by atoms with van der Waals surface area (Å²) in [5.41, 5.74) is 5.95. The van der Waals surface area contributed by atoms with Gasteiger partial charge in [-0.15, -0.1) is 0 Å². The van der Waals surface area contributed by atoms with Crippen LogP contribution in [0.5, 0.6) is 0 Å². The standard InChI is InChI=1S/C15H20N2/c1-5-6-16-13-9-12(4)17-14-8-10(2)7-11(3)15(13)14/h7-9H,5-6H2,1-4H3,(H,16,17). The number of hydrogen-bond acceptors (Lipinski definition) is 2. The van der Waals surface area contributed by atoms with E-state index >= 15 is 0 Å². The summed E-state index contributed by atoms with van der Waals surface area (Å²) in [5.74, 6) is 0. The first-order valence-electron chi connectivity index (χ1n) is 6.24. The monoisotopic (exact) mass is 228 g/mol. The van der Waals surface area contributed by atoms with Crippen LogP contribution in [0, 0.1) is 20.8 Å². The Morgan fingerprint density at radius 3 is 2.59 bits per heavy atom. The number of nitrogens with one attached hydrogen (secondary N) is 1. The van der Waals surface area contributed by atoms with Crippen molar-refractivity contribution in [2.75, 3.05) is 11.9 Å². The van der Waals surface area contributed by atoms with E-state index in [4.69, 9.17) is 0 Å². The molecule has 90 valence electrons. The number of nitrogens with zero attached hydrogens (tertiary/aromatic N) is 1. The van der Waals surface area contributed by atoms with E-state index in [9.17, 15) is 0 Å². The van der Waals surface area contributed by atoms with Crippen molar-refractivity contribution in [2.45, 2.75) is 34.1 Å². The van der Waals surface area contributed by atoms with E-state index in [-0.39, 0.29) is 0 Å². The molecule has 0 saturated heterocycles. The second-order valence-corrected chi connectivity index (χ2v) is 4.71. The number of pyridine rings is 1. The summed E-state index contributed by atoms with van der Waals surface area (Å²) in [5, 5.41) is 4.76. The normalized spacial score (nSPS) is 10.8. The molecule has 2 heteroatoms. The molecule has 1 aromatic heterocycles. The van der Waals surface area contributed by atoms with Gasteiger partial charge in [0.05, 0.1) is 5.52 Å². The lowest BCUT2D eigenvalue weighted by molar-refractivity contribution is 0.980. The highest BCUT2D eigenvalue weighted by molar-refractivity contribution is 5.94. The van der Waals surface area contributed by atoms with Crippen molar-refractivity contribution in [1.82, 2.24) is 4.98 Å². The van der Waals surface area contributed by atoms with Gasteiger partial charge >= 0.3 is 0 Å². The molecule has 0 saturated carbocycles. The Labute approximate surface area is 103 Å². The molecule has 17 heavy (non-hydrogen) atoms. The summed E-state index contributed by atoms with van der Waals surface area (Å²) in [6, 6.07) is 6.52. The van der Waals surface area contributed by atoms with Crippen LogP contribution in [-0.4, -0.2) is 11.5 Å².